The van der Waals surface area contributed by atoms with Gasteiger partial charge in [0.15, 0.2) is 0 Å². The molecule has 1 aliphatic rings. The molecule has 0 spiro atoms. The first kappa shape index (κ1) is 20.2. The molecule has 1 atom stereocenters. The van der Waals surface area contributed by atoms with E-state index in [1.807, 2.05) is 67.3 Å². The van der Waals surface area contributed by atoms with Crippen molar-refractivity contribution in [1.82, 2.24) is 4.90 Å². The van der Waals surface area contributed by atoms with Crippen molar-refractivity contribution in [3.8, 4) is 5.75 Å². The maximum Gasteiger partial charge on any atom is 0.258 e. The standard InChI is InChI=1S/C22H28N2O4/c1-4-27-15-16-28-20-12-8-6-10-18(20)22(2)23-19-11-7-5-9-17(19)21(25)24(22)13-14-26-3/h5-12,23H,4,13-16H2,1-3H3. The molecule has 2 aromatic carbocycles. The van der Waals surface area contributed by atoms with Gasteiger partial charge in [0.25, 0.3) is 5.91 Å². The number of para-hydroxylation sites is 2. The van der Waals surface area contributed by atoms with Gasteiger partial charge in [0.1, 0.15) is 18.0 Å². The summed E-state index contributed by atoms with van der Waals surface area (Å²) in [5, 5.41) is 3.56. The molecule has 6 heteroatoms. The van der Waals surface area contributed by atoms with Gasteiger partial charge in [-0.25, -0.2) is 0 Å². The van der Waals surface area contributed by atoms with E-state index in [1.165, 1.54) is 0 Å². The summed E-state index contributed by atoms with van der Waals surface area (Å²) < 4.78 is 16.6. The molecule has 0 fully saturated rings. The zero-order valence-corrected chi connectivity index (χ0v) is 16.7. The summed E-state index contributed by atoms with van der Waals surface area (Å²) in [6.45, 7) is 6.48. The number of ether oxygens (including phenoxy) is 3. The highest BCUT2D eigenvalue weighted by molar-refractivity contribution is 6.02. The monoisotopic (exact) mass is 384 g/mol. The quantitative estimate of drug-likeness (QED) is 0.671. The predicted molar refractivity (Wildman–Crippen MR) is 109 cm³/mol. The predicted octanol–water partition coefficient (Wildman–Crippen LogP) is 3.49. The zero-order valence-electron chi connectivity index (χ0n) is 16.7. The third kappa shape index (κ3) is 3.98. The molecular weight excluding hydrogens is 356 g/mol. The Morgan fingerprint density at radius 1 is 1.04 bits per heavy atom. The zero-order chi connectivity index (χ0) is 20.0. The van der Waals surface area contributed by atoms with E-state index in [0.29, 0.717) is 38.5 Å². The van der Waals surface area contributed by atoms with Crippen LogP contribution in [0.15, 0.2) is 48.5 Å². The summed E-state index contributed by atoms with van der Waals surface area (Å²) in [7, 11) is 1.64. The van der Waals surface area contributed by atoms with Crippen LogP contribution in [0.5, 0.6) is 5.75 Å². The molecule has 1 heterocycles. The van der Waals surface area contributed by atoms with Crippen LogP contribution in [0, 0.1) is 0 Å². The van der Waals surface area contributed by atoms with Crippen molar-refractivity contribution in [2.45, 2.75) is 19.5 Å². The lowest BCUT2D eigenvalue weighted by Gasteiger charge is -2.47. The van der Waals surface area contributed by atoms with Gasteiger partial charge in [0, 0.05) is 31.5 Å². The molecular formula is C22H28N2O4. The molecule has 0 saturated carbocycles. The van der Waals surface area contributed by atoms with E-state index in [2.05, 4.69) is 5.32 Å². The van der Waals surface area contributed by atoms with E-state index in [1.54, 1.807) is 7.11 Å². The van der Waals surface area contributed by atoms with Crippen molar-refractivity contribution in [2.24, 2.45) is 0 Å². The van der Waals surface area contributed by atoms with Gasteiger partial charge in [-0.2, -0.15) is 0 Å². The number of carbonyl (C=O) groups excluding carboxylic acids is 1. The van der Waals surface area contributed by atoms with Crippen LogP contribution in [0.2, 0.25) is 0 Å². The number of hydrogen-bond acceptors (Lipinski definition) is 5. The van der Waals surface area contributed by atoms with Gasteiger partial charge in [-0.05, 0) is 32.0 Å². The number of anilines is 1. The van der Waals surface area contributed by atoms with E-state index < -0.39 is 5.66 Å². The summed E-state index contributed by atoms with van der Waals surface area (Å²) in [5.74, 6) is 0.699. The van der Waals surface area contributed by atoms with Crippen LogP contribution in [0.4, 0.5) is 5.69 Å². The second-order valence-electron chi connectivity index (χ2n) is 6.73. The van der Waals surface area contributed by atoms with Crippen LogP contribution in [0.1, 0.15) is 29.8 Å². The molecule has 2 aromatic rings. The molecule has 150 valence electrons. The molecule has 1 unspecified atom stereocenters. The van der Waals surface area contributed by atoms with E-state index >= 15 is 0 Å². The van der Waals surface area contributed by atoms with Crippen molar-refractivity contribution in [1.29, 1.82) is 0 Å². The van der Waals surface area contributed by atoms with Crippen LogP contribution in [0.3, 0.4) is 0 Å². The molecule has 6 nitrogen and oxygen atoms in total. The Balaban J connectivity index is 1.99. The van der Waals surface area contributed by atoms with E-state index in [4.69, 9.17) is 14.2 Å². The van der Waals surface area contributed by atoms with Crippen molar-refractivity contribution in [3.63, 3.8) is 0 Å². The summed E-state index contributed by atoms with van der Waals surface area (Å²) >= 11 is 0. The van der Waals surface area contributed by atoms with Crippen LogP contribution >= 0.6 is 0 Å². The summed E-state index contributed by atoms with van der Waals surface area (Å²) in [6.07, 6.45) is 0. The fourth-order valence-corrected chi connectivity index (χ4v) is 3.53. The number of nitrogens with one attached hydrogen (secondary N) is 1. The van der Waals surface area contributed by atoms with Gasteiger partial charge in [-0.3, -0.25) is 4.79 Å². The lowest BCUT2D eigenvalue weighted by Crippen LogP contribution is -2.56. The third-order valence-corrected chi connectivity index (χ3v) is 4.94. The molecule has 3 rings (SSSR count). The fourth-order valence-electron chi connectivity index (χ4n) is 3.53. The number of methoxy groups -OCH3 is 1. The SMILES string of the molecule is CCOCCOc1ccccc1C1(C)Nc2ccccc2C(=O)N1CCOC. The first-order chi connectivity index (χ1) is 13.6. The van der Waals surface area contributed by atoms with E-state index in [0.717, 1.165) is 17.0 Å². The average Bonchev–Trinajstić information content (AvgIpc) is 2.71. The Morgan fingerprint density at radius 2 is 1.79 bits per heavy atom. The smallest absolute Gasteiger partial charge is 0.258 e. The van der Waals surface area contributed by atoms with Crippen molar-refractivity contribution in [2.75, 3.05) is 45.4 Å². The normalized spacial score (nSPS) is 18.5. The summed E-state index contributed by atoms with van der Waals surface area (Å²) in [4.78, 5) is 15.1. The molecule has 1 amide bonds. The molecule has 0 bridgehead atoms. The maximum absolute atomic E-state index is 13.3. The second-order valence-corrected chi connectivity index (χ2v) is 6.73. The second kappa shape index (κ2) is 9.08. The first-order valence-corrected chi connectivity index (χ1v) is 9.60. The Bertz CT molecular complexity index is 811. The molecule has 1 N–H and O–H groups in total. The average molecular weight is 384 g/mol. The van der Waals surface area contributed by atoms with Gasteiger partial charge in [-0.1, -0.05) is 30.3 Å². The number of fused-ring (bicyclic) bond motifs is 1. The minimum Gasteiger partial charge on any atom is -0.491 e. The minimum absolute atomic E-state index is 0.0296. The molecule has 0 aromatic heterocycles. The number of amides is 1. The minimum atomic E-state index is -0.772. The number of carbonyl (C=O) groups is 1. The largest absolute Gasteiger partial charge is 0.491 e. The van der Waals surface area contributed by atoms with Crippen LogP contribution in [0.25, 0.3) is 0 Å². The van der Waals surface area contributed by atoms with Crippen molar-refractivity contribution in [3.05, 3.63) is 59.7 Å². The number of hydrogen-bond donors (Lipinski definition) is 1. The van der Waals surface area contributed by atoms with Gasteiger partial charge < -0.3 is 24.4 Å². The Labute approximate surface area is 166 Å². The molecule has 1 aliphatic heterocycles. The summed E-state index contributed by atoms with van der Waals surface area (Å²) in [5.41, 5.74) is 1.59. The molecule has 28 heavy (non-hydrogen) atoms. The van der Waals surface area contributed by atoms with Crippen molar-refractivity contribution < 1.29 is 19.0 Å². The van der Waals surface area contributed by atoms with Gasteiger partial charge in [-0.15, -0.1) is 0 Å². The maximum atomic E-state index is 13.3. The lowest BCUT2D eigenvalue weighted by molar-refractivity contribution is 0.0427. The Morgan fingerprint density at radius 3 is 2.57 bits per heavy atom. The van der Waals surface area contributed by atoms with E-state index in [-0.39, 0.29) is 5.91 Å². The molecule has 0 saturated heterocycles. The third-order valence-electron chi connectivity index (χ3n) is 4.94. The lowest BCUT2D eigenvalue weighted by atomic mass is 9.93. The highest BCUT2D eigenvalue weighted by Crippen LogP contribution is 2.41. The Kier molecular flexibility index (Phi) is 6.54. The van der Waals surface area contributed by atoms with Crippen LogP contribution < -0.4 is 10.1 Å². The van der Waals surface area contributed by atoms with Crippen LogP contribution in [-0.4, -0.2) is 50.9 Å². The van der Waals surface area contributed by atoms with Crippen LogP contribution in [-0.2, 0) is 15.1 Å². The van der Waals surface area contributed by atoms with Crippen molar-refractivity contribution >= 4 is 11.6 Å². The fraction of sp³-hybridized carbons (Fsp3) is 0.409. The highest BCUT2D eigenvalue weighted by Gasteiger charge is 2.43. The Hall–Kier alpha value is -2.57. The van der Waals surface area contributed by atoms with Gasteiger partial charge in [0.05, 0.1) is 18.8 Å². The topological polar surface area (TPSA) is 60.0 Å². The number of benzene rings is 2. The summed E-state index contributed by atoms with van der Waals surface area (Å²) in [6, 6.07) is 15.4. The molecule has 0 aliphatic carbocycles. The number of rotatable bonds is 9. The van der Waals surface area contributed by atoms with Gasteiger partial charge >= 0.3 is 0 Å². The van der Waals surface area contributed by atoms with E-state index in [9.17, 15) is 4.79 Å². The first-order valence-electron chi connectivity index (χ1n) is 9.60. The molecule has 0 radical (unpaired) electrons. The highest BCUT2D eigenvalue weighted by atomic mass is 16.5. The number of nitrogens with zero attached hydrogens (tertiary/aromatic N) is 1. The van der Waals surface area contributed by atoms with Gasteiger partial charge in [0.2, 0.25) is 0 Å².